The standard InChI is InChI=1S/C24H23F2N3O2/c1-14-8-11-21(31-2)23-16(14)6-4-12-28(23)24(30)22-17-5-3-7-20(17)29(27-22)15-9-10-18(25)19(26)13-15/h8-11,13H,3-7,12H2,1-2H3. The Bertz CT molecular complexity index is 1200. The number of anilines is 1. The first-order chi connectivity index (χ1) is 15.0. The van der Waals surface area contributed by atoms with E-state index >= 15 is 0 Å². The number of rotatable bonds is 3. The van der Waals surface area contributed by atoms with Gasteiger partial charge in [0.2, 0.25) is 0 Å². The molecule has 2 aliphatic rings. The number of hydrogen-bond acceptors (Lipinski definition) is 3. The number of methoxy groups -OCH3 is 1. The molecule has 0 N–H and O–H groups in total. The third-order valence-corrected chi connectivity index (χ3v) is 6.30. The maximum atomic E-state index is 13.9. The van der Waals surface area contributed by atoms with Gasteiger partial charge in [0.05, 0.1) is 18.5 Å². The first-order valence-corrected chi connectivity index (χ1v) is 10.5. The number of fused-ring (bicyclic) bond motifs is 2. The predicted molar refractivity (Wildman–Crippen MR) is 113 cm³/mol. The van der Waals surface area contributed by atoms with Crippen molar-refractivity contribution < 1.29 is 18.3 Å². The molecule has 0 atom stereocenters. The Morgan fingerprint density at radius 1 is 1.03 bits per heavy atom. The van der Waals surface area contributed by atoms with E-state index < -0.39 is 11.6 Å². The molecule has 1 amide bonds. The van der Waals surface area contributed by atoms with Crippen LogP contribution in [-0.4, -0.2) is 29.3 Å². The van der Waals surface area contributed by atoms with Crippen LogP contribution in [0.5, 0.6) is 5.75 Å². The normalized spacial score (nSPS) is 15.0. The van der Waals surface area contributed by atoms with Crippen molar-refractivity contribution in [1.82, 2.24) is 9.78 Å². The summed E-state index contributed by atoms with van der Waals surface area (Å²) in [4.78, 5) is 15.5. The zero-order valence-corrected chi connectivity index (χ0v) is 17.5. The molecule has 31 heavy (non-hydrogen) atoms. The number of amides is 1. The topological polar surface area (TPSA) is 47.4 Å². The lowest BCUT2D eigenvalue weighted by atomic mass is 9.95. The highest BCUT2D eigenvalue weighted by Gasteiger charge is 2.34. The van der Waals surface area contributed by atoms with Crippen molar-refractivity contribution >= 4 is 11.6 Å². The fraction of sp³-hybridized carbons (Fsp3) is 0.333. The van der Waals surface area contributed by atoms with Gasteiger partial charge in [-0.1, -0.05) is 6.07 Å². The maximum Gasteiger partial charge on any atom is 0.279 e. The molecule has 1 aliphatic carbocycles. The Balaban J connectivity index is 1.61. The van der Waals surface area contributed by atoms with E-state index in [1.54, 1.807) is 16.7 Å². The van der Waals surface area contributed by atoms with Crippen LogP contribution in [0, 0.1) is 18.6 Å². The van der Waals surface area contributed by atoms with Crippen LogP contribution in [0.2, 0.25) is 0 Å². The molecule has 0 fully saturated rings. The lowest BCUT2D eigenvalue weighted by molar-refractivity contribution is 0.0978. The van der Waals surface area contributed by atoms with E-state index in [9.17, 15) is 13.6 Å². The molecule has 0 saturated carbocycles. The molecule has 2 heterocycles. The molecule has 5 nitrogen and oxygen atoms in total. The van der Waals surface area contributed by atoms with Crippen LogP contribution in [0.4, 0.5) is 14.5 Å². The molecule has 0 unspecified atom stereocenters. The van der Waals surface area contributed by atoms with Crippen LogP contribution in [0.1, 0.15) is 45.7 Å². The summed E-state index contributed by atoms with van der Waals surface area (Å²) >= 11 is 0. The number of nitrogens with zero attached hydrogens (tertiary/aromatic N) is 3. The Labute approximate surface area is 179 Å². The van der Waals surface area contributed by atoms with Gasteiger partial charge in [0.1, 0.15) is 5.75 Å². The molecule has 2 aromatic carbocycles. The molecular weight excluding hydrogens is 400 g/mol. The summed E-state index contributed by atoms with van der Waals surface area (Å²) in [7, 11) is 1.61. The van der Waals surface area contributed by atoms with Gasteiger partial charge in [0, 0.05) is 23.9 Å². The van der Waals surface area contributed by atoms with E-state index in [4.69, 9.17) is 4.74 Å². The van der Waals surface area contributed by atoms with Gasteiger partial charge >= 0.3 is 0 Å². The smallest absolute Gasteiger partial charge is 0.279 e. The monoisotopic (exact) mass is 423 g/mol. The molecular formula is C24H23F2N3O2. The van der Waals surface area contributed by atoms with E-state index in [1.165, 1.54) is 6.07 Å². The summed E-state index contributed by atoms with van der Waals surface area (Å²) in [6.07, 6.45) is 4.14. The molecule has 1 aromatic heterocycles. The minimum atomic E-state index is -0.933. The highest BCUT2D eigenvalue weighted by Crippen LogP contribution is 2.40. The Morgan fingerprint density at radius 3 is 2.61 bits per heavy atom. The highest BCUT2D eigenvalue weighted by atomic mass is 19.2. The van der Waals surface area contributed by atoms with Gasteiger partial charge in [-0.2, -0.15) is 5.10 Å². The summed E-state index contributed by atoms with van der Waals surface area (Å²) in [6, 6.07) is 7.60. The van der Waals surface area contributed by atoms with Gasteiger partial charge in [-0.15, -0.1) is 0 Å². The molecule has 7 heteroatoms. The van der Waals surface area contributed by atoms with Crippen molar-refractivity contribution in [2.24, 2.45) is 0 Å². The van der Waals surface area contributed by atoms with Gasteiger partial charge in [-0.25, -0.2) is 13.5 Å². The quantitative estimate of drug-likeness (QED) is 0.621. The van der Waals surface area contributed by atoms with Crippen LogP contribution in [0.15, 0.2) is 30.3 Å². The summed E-state index contributed by atoms with van der Waals surface area (Å²) in [5.41, 5.74) is 5.66. The lowest BCUT2D eigenvalue weighted by Gasteiger charge is -2.31. The molecule has 5 rings (SSSR count). The molecule has 0 bridgehead atoms. The first kappa shape index (κ1) is 19.7. The third-order valence-electron chi connectivity index (χ3n) is 6.30. The van der Waals surface area contributed by atoms with Gasteiger partial charge in [0.25, 0.3) is 5.91 Å². The molecule has 0 radical (unpaired) electrons. The highest BCUT2D eigenvalue weighted by molar-refractivity contribution is 6.07. The van der Waals surface area contributed by atoms with Crippen molar-refractivity contribution in [2.75, 3.05) is 18.6 Å². The molecule has 160 valence electrons. The number of aryl methyl sites for hydroxylation is 1. The van der Waals surface area contributed by atoms with Gasteiger partial charge in [-0.05, 0) is 68.4 Å². The van der Waals surface area contributed by atoms with E-state index in [1.807, 2.05) is 19.1 Å². The van der Waals surface area contributed by atoms with Crippen LogP contribution in [0.25, 0.3) is 5.69 Å². The number of carbonyl (C=O) groups is 1. The van der Waals surface area contributed by atoms with Crippen LogP contribution >= 0.6 is 0 Å². The Morgan fingerprint density at radius 2 is 1.84 bits per heavy atom. The fourth-order valence-electron chi connectivity index (χ4n) is 4.79. The van der Waals surface area contributed by atoms with Gasteiger partial charge in [0.15, 0.2) is 17.3 Å². The zero-order valence-electron chi connectivity index (χ0n) is 17.5. The number of benzene rings is 2. The molecule has 0 spiro atoms. The second kappa shape index (κ2) is 7.48. The number of aromatic nitrogens is 2. The second-order valence-corrected chi connectivity index (χ2v) is 8.11. The number of halogens is 2. The number of hydrogen-bond donors (Lipinski definition) is 0. The minimum absolute atomic E-state index is 0.177. The first-order valence-electron chi connectivity index (χ1n) is 10.5. The van der Waals surface area contributed by atoms with Gasteiger partial charge in [-0.3, -0.25) is 4.79 Å². The fourth-order valence-corrected chi connectivity index (χ4v) is 4.79. The third kappa shape index (κ3) is 3.10. The van der Waals surface area contributed by atoms with E-state index in [-0.39, 0.29) is 5.91 Å². The van der Waals surface area contributed by atoms with Crippen molar-refractivity contribution in [3.8, 4) is 11.4 Å². The average molecular weight is 423 g/mol. The minimum Gasteiger partial charge on any atom is -0.495 e. The number of ether oxygens (including phenoxy) is 1. The summed E-state index contributed by atoms with van der Waals surface area (Å²) in [5, 5.41) is 4.59. The molecule has 0 saturated heterocycles. The largest absolute Gasteiger partial charge is 0.495 e. The summed E-state index contributed by atoms with van der Waals surface area (Å²) in [6.45, 7) is 2.63. The Kier molecular flexibility index (Phi) is 4.76. The summed E-state index contributed by atoms with van der Waals surface area (Å²) < 4.78 is 34.5. The summed E-state index contributed by atoms with van der Waals surface area (Å²) in [5.74, 6) is -1.34. The van der Waals surface area contributed by atoms with E-state index in [0.29, 0.717) is 23.7 Å². The van der Waals surface area contributed by atoms with Crippen molar-refractivity contribution in [2.45, 2.75) is 39.0 Å². The van der Waals surface area contributed by atoms with Gasteiger partial charge < -0.3 is 9.64 Å². The average Bonchev–Trinajstić information content (AvgIpc) is 3.38. The van der Waals surface area contributed by atoms with E-state index in [2.05, 4.69) is 5.10 Å². The van der Waals surface area contributed by atoms with Crippen molar-refractivity contribution in [3.05, 3.63) is 70.0 Å². The van der Waals surface area contributed by atoms with Crippen molar-refractivity contribution in [1.29, 1.82) is 0 Å². The van der Waals surface area contributed by atoms with E-state index in [0.717, 1.165) is 72.3 Å². The predicted octanol–water partition coefficient (Wildman–Crippen LogP) is 4.55. The van der Waals surface area contributed by atoms with Crippen LogP contribution in [-0.2, 0) is 19.3 Å². The lowest BCUT2D eigenvalue weighted by Crippen LogP contribution is -2.37. The maximum absolute atomic E-state index is 13.9. The molecule has 1 aliphatic heterocycles. The molecule has 3 aromatic rings. The zero-order chi connectivity index (χ0) is 21.7. The Hall–Kier alpha value is -3.22. The second-order valence-electron chi connectivity index (χ2n) is 8.11. The SMILES string of the molecule is COc1ccc(C)c2c1N(C(=O)c1nn(-c3ccc(F)c(F)c3)c3c1CCC3)CCC2. The van der Waals surface area contributed by atoms with Crippen LogP contribution < -0.4 is 9.64 Å². The van der Waals surface area contributed by atoms with Crippen LogP contribution in [0.3, 0.4) is 0 Å². The van der Waals surface area contributed by atoms with Crippen molar-refractivity contribution in [3.63, 3.8) is 0 Å². The number of carbonyl (C=O) groups excluding carboxylic acids is 1.